The third-order valence-electron chi connectivity index (χ3n) is 3.42. The molecule has 10 heteroatoms. The lowest BCUT2D eigenvalue weighted by atomic mass is 10.2. The number of carbonyl (C=O) groups is 2. The second-order valence-electron chi connectivity index (χ2n) is 5.32. The highest BCUT2D eigenvalue weighted by Gasteiger charge is 2.33. The molecule has 1 amide bonds. The first kappa shape index (κ1) is 18.6. The molecule has 0 unspecified atom stereocenters. The minimum Gasteiger partial charge on any atom is -0.465 e. The Morgan fingerprint density at radius 3 is 2.64 bits per heavy atom. The lowest BCUT2D eigenvalue weighted by Crippen LogP contribution is -2.30. The van der Waals surface area contributed by atoms with Gasteiger partial charge in [-0.15, -0.1) is 0 Å². The van der Waals surface area contributed by atoms with E-state index in [-0.39, 0.29) is 18.7 Å². The topological polar surface area (TPSA) is 77.6 Å². The number of likely N-dealkylation sites (N-methyl/N-ethyl adjacent to an activating group) is 1. The first-order valence-electron chi connectivity index (χ1n) is 7.14. The number of alkyl halides is 3. The molecule has 0 aliphatic heterocycles. The van der Waals surface area contributed by atoms with Crippen molar-refractivity contribution < 1.29 is 31.9 Å². The summed E-state index contributed by atoms with van der Waals surface area (Å²) in [6, 6.07) is 2.26. The number of aromatic nitrogens is 2. The molecule has 25 heavy (non-hydrogen) atoms. The number of rotatable bonds is 5. The van der Waals surface area contributed by atoms with Crippen LogP contribution in [0.2, 0.25) is 0 Å². The molecular weight excluding hydrogens is 343 g/mol. The SMILES string of the molecule is COC(=O)c1cc(CN(C)C(=O)Cn2ccc(C(F)(F)F)n2)oc1C. The summed E-state index contributed by atoms with van der Waals surface area (Å²) < 4.78 is 48.4. The molecule has 0 atom stereocenters. The second kappa shape index (κ2) is 6.99. The predicted octanol–water partition coefficient (Wildman–Crippen LogP) is 2.25. The van der Waals surface area contributed by atoms with Crippen molar-refractivity contribution in [3.8, 4) is 0 Å². The van der Waals surface area contributed by atoms with Gasteiger partial charge in [-0.05, 0) is 19.1 Å². The van der Waals surface area contributed by atoms with E-state index in [0.717, 1.165) is 16.9 Å². The first-order valence-corrected chi connectivity index (χ1v) is 7.14. The molecule has 7 nitrogen and oxygen atoms in total. The number of furan rings is 1. The molecule has 0 fully saturated rings. The van der Waals surface area contributed by atoms with E-state index in [1.165, 1.54) is 25.1 Å². The maximum atomic E-state index is 12.5. The summed E-state index contributed by atoms with van der Waals surface area (Å²) in [6.07, 6.45) is -3.48. The van der Waals surface area contributed by atoms with Gasteiger partial charge in [-0.25, -0.2) is 4.79 Å². The van der Waals surface area contributed by atoms with E-state index in [0.29, 0.717) is 11.5 Å². The van der Waals surface area contributed by atoms with Gasteiger partial charge in [0.1, 0.15) is 23.6 Å². The fourth-order valence-corrected chi connectivity index (χ4v) is 2.12. The summed E-state index contributed by atoms with van der Waals surface area (Å²) in [5.74, 6) is -0.321. The molecule has 0 aliphatic rings. The molecule has 0 bridgehead atoms. The molecule has 0 radical (unpaired) electrons. The quantitative estimate of drug-likeness (QED) is 0.765. The third-order valence-corrected chi connectivity index (χ3v) is 3.42. The fourth-order valence-electron chi connectivity index (χ4n) is 2.12. The second-order valence-corrected chi connectivity index (χ2v) is 5.32. The van der Waals surface area contributed by atoms with E-state index in [9.17, 15) is 22.8 Å². The summed E-state index contributed by atoms with van der Waals surface area (Å²) in [4.78, 5) is 24.9. The number of ether oxygens (including phenoxy) is 1. The van der Waals surface area contributed by atoms with Crippen LogP contribution >= 0.6 is 0 Å². The largest absolute Gasteiger partial charge is 0.465 e. The number of methoxy groups -OCH3 is 1. The maximum Gasteiger partial charge on any atom is 0.435 e. The van der Waals surface area contributed by atoms with Crippen LogP contribution in [-0.4, -0.2) is 40.7 Å². The summed E-state index contributed by atoms with van der Waals surface area (Å²) in [6.45, 7) is 1.28. The monoisotopic (exact) mass is 359 g/mol. The number of carbonyl (C=O) groups excluding carboxylic acids is 2. The van der Waals surface area contributed by atoms with Gasteiger partial charge < -0.3 is 14.1 Å². The Bertz CT molecular complexity index is 779. The van der Waals surface area contributed by atoms with E-state index in [2.05, 4.69) is 9.84 Å². The van der Waals surface area contributed by atoms with E-state index < -0.39 is 23.7 Å². The van der Waals surface area contributed by atoms with Crippen molar-refractivity contribution in [1.82, 2.24) is 14.7 Å². The average Bonchev–Trinajstić information content (AvgIpc) is 3.13. The van der Waals surface area contributed by atoms with Gasteiger partial charge in [-0.1, -0.05) is 0 Å². The number of hydrogen-bond donors (Lipinski definition) is 0. The number of esters is 1. The average molecular weight is 359 g/mol. The molecule has 0 saturated heterocycles. The summed E-state index contributed by atoms with van der Waals surface area (Å²) in [7, 11) is 2.70. The molecule has 0 aliphatic carbocycles. The van der Waals surface area contributed by atoms with Gasteiger partial charge in [-0.3, -0.25) is 9.48 Å². The highest BCUT2D eigenvalue weighted by atomic mass is 19.4. The Morgan fingerprint density at radius 1 is 1.40 bits per heavy atom. The minimum absolute atomic E-state index is 0.0457. The van der Waals surface area contributed by atoms with Crippen LogP contribution in [0.4, 0.5) is 13.2 Å². The van der Waals surface area contributed by atoms with Gasteiger partial charge in [0.25, 0.3) is 0 Å². The fraction of sp³-hybridized carbons (Fsp3) is 0.400. The van der Waals surface area contributed by atoms with Crippen LogP contribution in [0.25, 0.3) is 0 Å². The Morgan fingerprint density at radius 2 is 2.08 bits per heavy atom. The zero-order valence-electron chi connectivity index (χ0n) is 13.8. The smallest absolute Gasteiger partial charge is 0.435 e. The molecule has 2 rings (SSSR count). The molecule has 2 aromatic rings. The first-order chi connectivity index (χ1) is 11.6. The summed E-state index contributed by atoms with van der Waals surface area (Å²) >= 11 is 0. The van der Waals surface area contributed by atoms with Crippen LogP contribution in [0.15, 0.2) is 22.7 Å². The van der Waals surface area contributed by atoms with Crippen molar-refractivity contribution in [3.05, 3.63) is 41.1 Å². The van der Waals surface area contributed by atoms with E-state index in [1.54, 1.807) is 6.92 Å². The molecular formula is C15H16F3N3O4. The molecule has 0 N–H and O–H groups in total. The van der Waals surface area contributed by atoms with Gasteiger partial charge in [0.2, 0.25) is 5.91 Å². The number of halogens is 3. The summed E-state index contributed by atoms with van der Waals surface area (Å²) in [5, 5.41) is 3.32. The Labute approximate surface area is 141 Å². The number of amides is 1. The van der Waals surface area contributed by atoms with Gasteiger partial charge in [0.05, 0.1) is 13.7 Å². The van der Waals surface area contributed by atoms with Crippen molar-refractivity contribution >= 4 is 11.9 Å². The Balaban J connectivity index is 2.01. The summed E-state index contributed by atoms with van der Waals surface area (Å²) in [5.41, 5.74) is -0.812. The van der Waals surface area contributed by atoms with Crippen molar-refractivity contribution in [3.63, 3.8) is 0 Å². The lowest BCUT2D eigenvalue weighted by Gasteiger charge is -2.15. The van der Waals surface area contributed by atoms with Crippen LogP contribution in [-0.2, 0) is 28.8 Å². The standard InChI is InChI=1S/C15H16F3N3O4/c1-9-11(14(23)24-3)6-10(25-9)7-20(2)13(22)8-21-5-4-12(19-21)15(16,17)18/h4-6H,7-8H2,1-3H3. The highest BCUT2D eigenvalue weighted by Crippen LogP contribution is 2.27. The van der Waals surface area contributed by atoms with Gasteiger partial charge >= 0.3 is 12.1 Å². The van der Waals surface area contributed by atoms with Crippen molar-refractivity contribution in [2.75, 3.05) is 14.2 Å². The van der Waals surface area contributed by atoms with Crippen molar-refractivity contribution in [2.45, 2.75) is 26.2 Å². The molecule has 0 aromatic carbocycles. The van der Waals surface area contributed by atoms with E-state index in [4.69, 9.17) is 4.42 Å². The highest BCUT2D eigenvalue weighted by molar-refractivity contribution is 5.90. The molecule has 0 spiro atoms. The molecule has 2 aromatic heterocycles. The molecule has 0 saturated carbocycles. The Kier molecular flexibility index (Phi) is 5.19. The zero-order valence-corrected chi connectivity index (χ0v) is 13.8. The predicted molar refractivity (Wildman–Crippen MR) is 78.5 cm³/mol. The maximum absolute atomic E-state index is 12.5. The normalized spacial score (nSPS) is 11.4. The van der Waals surface area contributed by atoms with Crippen molar-refractivity contribution in [1.29, 1.82) is 0 Å². The van der Waals surface area contributed by atoms with Crippen molar-refractivity contribution in [2.24, 2.45) is 0 Å². The van der Waals surface area contributed by atoms with Gasteiger partial charge in [0.15, 0.2) is 5.69 Å². The number of aryl methyl sites for hydroxylation is 1. The lowest BCUT2D eigenvalue weighted by molar-refractivity contribution is -0.142. The zero-order chi connectivity index (χ0) is 18.8. The van der Waals surface area contributed by atoms with Gasteiger partial charge in [-0.2, -0.15) is 18.3 Å². The minimum atomic E-state index is -4.56. The molecule has 2 heterocycles. The van der Waals surface area contributed by atoms with E-state index in [1.807, 2.05) is 0 Å². The van der Waals surface area contributed by atoms with Crippen LogP contribution in [0.3, 0.4) is 0 Å². The van der Waals surface area contributed by atoms with Crippen LogP contribution in [0.1, 0.15) is 27.6 Å². The number of nitrogens with zero attached hydrogens (tertiary/aromatic N) is 3. The van der Waals surface area contributed by atoms with E-state index >= 15 is 0 Å². The molecule has 136 valence electrons. The third kappa shape index (κ3) is 4.40. The Hall–Kier alpha value is -2.78. The van der Waals surface area contributed by atoms with Crippen LogP contribution in [0.5, 0.6) is 0 Å². The number of hydrogen-bond acceptors (Lipinski definition) is 5. The van der Waals surface area contributed by atoms with Crippen LogP contribution < -0.4 is 0 Å². The van der Waals surface area contributed by atoms with Gasteiger partial charge in [0, 0.05) is 13.2 Å². The van der Waals surface area contributed by atoms with Crippen LogP contribution in [0, 0.1) is 6.92 Å².